The highest BCUT2D eigenvalue weighted by molar-refractivity contribution is 7.99. The van der Waals surface area contributed by atoms with Crippen LogP contribution in [0.5, 0.6) is 0 Å². The summed E-state index contributed by atoms with van der Waals surface area (Å²) < 4.78 is 20.0. The van der Waals surface area contributed by atoms with Crippen molar-refractivity contribution in [1.29, 1.82) is 0 Å². The molecule has 0 aromatic heterocycles. The van der Waals surface area contributed by atoms with Gasteiger partial charge in [-0.05, 0) is 42.5 Å². The zero-order valence-electron chi connectivity index (χ0n) is 14.7. The number of carbonyl (C=O) groups is 1. The third-order valence-corrected chi connectivity index (χ3v) is 5.61. The van der Waals surface area contributed by atoms with E-state index in [0.717, 1.165) is 37.4 Å². The van der Waals surface area contributed by atoms with Crippen molar-refractivity contribution < 1.29 is 13.9 Å². The number of anilines is 2. The standard InChI is InChI=1S/C18H25FN4O2S/c19-16-11-14(23-13-15(25-18(23)24)12-21-6-5-20)3-4-17(16)22-7-1-9-26-10-2-8-22/h3-6,11,15,21H,1-2,7-10,12-13,20H2/b6-5-. The van der Waals surface area contributed by atoms with E-state index in [0.29, 0.717) is 24.5 Å². The van der Waals surface area contributed by atoms with E-state index in [1.54, 1.807) is 18.3 Å². The maximum absolute atomic E-state index is 14.7. The number of hydrogen-bond acceptors (Lipinski definition) is 6. The summed E-state index contributed by atoms with van der Waals surface area (Å²) in [6.07, 6.45) is 4.32. The molecule has 1 aromatic carbocycles. The number of amides is 1. The van der Waals surface area contributed by atoms with Crippen molar-refractivity contribution in [3.05, 3.63) is 36.4 Å². The molecule has 0 saturated carbocycles. The molecule has 2 heterocycles. The Hall–Kier alpha value is -2.09. The van der Waals surface area contributed by atoms with E-state index in [9.17, 15) is 9.18 Å². The third-order valence-electron chi connectivity index (χ3n) is 4.45. The molecule has 8 heteroatoms. The minimum absolute atomic E-state index is 0.295. The van der Waals surface area contributed by atoms with E-state index in [1.807, 2.05) is 11.8 Å². The topological polar surface area (TPSA) is 70.8 Å². The molecule has 26 heavy (non-hydrogen) atoms. The second-order valence-corrected chi connectivity index (χ2v) is 7.55. The molecule has 0 spiro atoms. The lowest BCUT2D eigenvalue weighted by atomic mass is 10.2. The van der Waals surface area contributed by atoms with Gasteiger partial charge in [-0.25, -0.2) is 9.18 Å². The second-order valence-electron chi connectivity index (χ2n) is 6.33. The van der Waals surface area contributed by atoms with E-state index in [4.69, 9.17) is 10.5 Å². The summed E-state index contributed by atoms with van der Waals surface area (Å²) in [5, 5.41) is 2.95. The lowest BCUT2D eigenvalue weighted by Gasteiger charge is -2.27. The average Bonchev–Trinajstić information content (AvgIpc) is 2.96. The van der Waals surface area contributed by atoms with E-state index < -0.39 is 6.09 Å². The molecule has 3 rings (SSSR count). The Morgan fingerprint density at radius 2 is 2.12 bits per heavy atom. The van der Waals surface area contributed by atoms with E-state index in [1.165, 1.54) is 17.2 Å². The predicted octanol–water partition coefficient (Wildman–Crippen LogP) is 2.50. The Balaban J connectivity index is 1.67. The summed E-state index contributed by atoms with van der Waals surface area (Å²) >= 11 is 1.96. The van der Waals surface area contributed by atoms with Crippen molar-refractivity contribution in [1.82, 2.24) is 5.32 Å². The summed E-state index contributed by atoms with van der Waals surface area (Å²) in [4.78, 5) is 15.7. The highest BCUT2D eigenvalue weighted by Crippen LogP contribution is 2.29. The van der Waals surface area contributed by atoms with Crippen molar-refractivity contribution >= 4 is 29.2 Å². The van der Waals surface area contributed by atoms with Crippen LogP contribution in [0.15, 0.2) is 30.6 Å². The largest absolute Gasteiger partial charge is 0.442 e. The van der Waals surface area contributed by atoms with Gasteiger partial charge < -0.3 is 20.7 Å². The van der Waals surface area contributed by atoms with Gasteiger partial charge in [0.1, 0.15) is 11.9 Å². The number of hydrogen-bond donors (Lipinski definition) is 2. The summed E-state index contributed by atoms with van der Waals surface area (Å²) in [6, 6.07) is 5.00. The number of ether oxygens (including phenoxy) is 1. The maximum atomic E-state index is 14.7. The molecule has 3 N–H and O–H groups in total. The molecule has 1 aromatic rings. The van der Waals surface area contributed by atoms with Crippen LogP contribution < -0.4 is 20.9 Å². The van der Waals surface area contributed by atoms with Crippen LogP contribution in [-0.4, -0.2) is 49.9 Å². The fourth-order valence-electron chi connectivity index (χ4n) is 3.20. The monoisotopic (exact) mass is 380 g/mol. The quantitative estimate of drug-likeness (QED) is 0.818. The zero-order chi connectivity index (χ0) is 18.4. The van der Waals surface area contributed by atoms with Crippen LogP contribution in [0.4, 0.5) is 20.6 Å². The number of nitrogens with two attached hydrogens (primary N) is 1. The van der Waals surface area contributed by atoms with E-state index in [-0.39, 0.29) is 11.9 Å². The molecule has 1 unspecified atom stereocenters. The fraction of sp³-hybridized carbons (Fsp3) is 0.500. The first-order valence-electron chi connectivity index (χ1n) is 8.89. The van der Waals surface area contributed by atoms with Gasteiger partial charge in [0.15, 0.2) is 0 Å². The molecule has 2 saturated heterocycles. The predicted molar refractivity (Wildman–Crippen MR) is 104 cm³/mol. The Morgan fingerprint density at radius 1 is 1.35 bits per heavy atom. The van der Waals surface area contributed by atoms with Gasteiger partial charge in [-0.15, -0.1) is 0 Å². The van der Waals surface area contributed by atoms with Gasteiger partial charge in [0.05, 0.1) is 24.5 Å². The van der Waals surface area contributed by atoms with Crippen molar-refractivity contribution in [3.63, 3.8) is 0 Å². The van der Waals surface area contributed by atoms with Gasteiger partial charge in [-0.3, -0.25) is 4.90 Å². The van der Waals surface area contributed by atoms with Crippen molar-refractivity contribution in [2.45, 2.75) is 18.9 Å². The van der Waals surface area contributed by atoms with Crippen molar-refractivity contribution in [3.8, 4) is 0 Å². The first kappa shape index (κ1) is 18.7. The normalized spacial score (nSPS) is 21.6. The Morgan fingerprint density at radius 3 is 2.81 bits per heavy atom. The van der Waals surface area contributed by atoms with E-state index >= 15 is 0 Å². The Bertz CT molecular complexity index is 650. The smallest absolute Gasteiger partial charge is 0.414 e. The first-order valence-corrected chi connectivity index (χ1v) is 10.0. The molecule has 2 aliphatic rings. The molecular weight excluding hydrogens is 355 g/mol. The van der Waals surface area contributed by atoms with Crippen LogP contribution in [0.2, 0.25) is 0 Å². The molecular formula is C18H25FN4O2S. The first-order chi connectivity index (χ1) is 12.7. The summed E-state index contributed by atoms with van der Waals surface area (Å²) in [7, 11) is 0. The third kappa shape index (κ3) is 4.55. The van der Waals surface area contributed by atoms with Crippen LogP contribution in [0.25, 0.3) is 0 Å². The molecule has 142 valence electrons. The molecule has 1 amide bonds. The molecule has 2 fully saturated rings. The number of halogens is 1. The minimum Gasteiger partial charge on any atom is -0.442 e. The lowest BCUT2D eigenvalue weighted by molar-refractivity contribution is 0.142. The Kier molecular flexibility index (Phi) is 6.49. The number of rotatable bonds is 5. The van der Waals surface area contributed by atoms with Gasteiger partial charge in [0.2, 0.25) is 0 Å². The molecule has 2 aliphatic heterocycles. The van der Waals surface area contributed by atoms with E-state index in [2.05, 4.69) is 10.2 Å². The highest BCUT2D eigenvalue weighted by atomic mass is 32.2. The minimum atomic E-state index is -0.455. The number of cyclic esters (lactones) is 1. The molecule has 0 bridgehead atoms. The number of thioether (sulfide) groups is 1. The van der Waals surface area contributed by atoms with Gasteiger partial charge in [-0.1, -0.05) is 0 Å². The number of carbonyl (C=O) groups excluding carboxylic acids is 1. The molecule has 0 radical (unpaired) electrons. The number of nitrogens with one attached hydrogen (secondary N) is 1. The molecule has 1 atom stereocenters. The maximum Gasteiger partial charge on any atom is 0.414 e. The molecule has 0 aliphatic carbocycles. The average molecular weight is 380 g/mol. The number of benzene rings is 1. The summed E-state index contributed by atoms with van der Waals surface area (Å²) in [5.74, 6) is 1.94. The van der Waals surface area contributed by atoms with Crippen LogP contribution >= 0.6 is 11.8 Å². The van der Waals surface area contributed by atoms with Gasteiger partial charge in [0, 0.05) is 25.5 Å². The molecule has 6 nitrogen and oxygen atoms in total. The van der Waals surface area contributed by atoms with Gasteiger partial charge in [-0.2, -0.15) is 11.8 Å². The summed E-state index contributed by atoms with van der Waals surface area (Å²) in [5.41, 5.74) is 6.40. The van der Waals surface area contributed by atoms with Crippen LogP contribution in [-0.2, 0) is 4.74 Å². The van der Waals surface area contributed by atoms with Gasteiger partial charge in [0.25, 0.3) is 0 Å². The zero-order valence-corrected chi connectivity index (χ0v) is 15.5. The van der Waals surface area contributed by atoms with Crippen LogP contribution in [0.1, 0.15) is 12.8 Å². The van der Waals surface area contributed by atoms with Crippen LogP contribution in [0, 0.1) is 5.82 Å². The second kappa shape index (κ2) is 9.02. The Labute approximate surface area is 157 Å². The lowest BCUT2D eigenvalue weighted by Crippen LogP contribution is -2.30. The summed E-state index contributed by atoms with van der Waals surface area (Å²) in [6.45, 7) is 2.56. The fourth-order valence-corrected chi connectivity index (χ4v) is 4.07. The van der Waals surface area contributed by atoms with Crippen molar-refractivity contribution in [2.24, 2.45) is 5.73 Å². The SMILES string of the molecule is N/C=C\NCC1CN(c2ccc(N3CCCSCCC3)c(F)c2)C(=O)O1. The van der Waals surface area contributed by atoms with Crippen molar-refractivity contribution in [2.75, 3.05) is 47.5 Å². The number of nitrogens with zero attached hydrogens (tertiary/aromatic N) is 2. The highest BCUT2D eigenvalue weighted by Gasteiger charge is 2.32. The van der Waals surface area contributed by atoms with Crippen LogP contribution in [0.3, 0.4) is 0 Å². The van der Waals surface area contributed by atoms with Gasteiger partial charge >= 0.3 is 6.09 Å².